The van der Waals surface area contributed by atoms with E-state index in [0.29, 0.717) is 6.04 Å². The lowest BCUT2D eigenvalue weighted by Crippen LogP contribution is -2.25. The first kappa shape index (κ1) is 21.6. The van der Waals surface area contributed by atoms with E-state index < -0.39 is 11.9 Å². The minimum Gasteiger partial charge on any atom is -0.473 e. The average molecular weight is 359 g/mol. The summed E-state index contributed by atoms with van der Waals surface area (Å²) in [7, 11) is 0. The van der Waals surface area contributed by atoms with Crippen molar-refractivity contribution in [1.29, 1.82) is 0 Å². The molecular formula is C21H29NO4. The maximum Gasteiger partial charge on any atom is 0.414 e. The quantitative estimate of drug-likeness (QED) is 0.479. The Labute approximate surface area is 155 Å². The summed E-state index contributed by atoms with van der Waals surface area (Å²) in [5.41, 5.74) is 1.41. The van der Waals surface area contributed by atoms with Crippen LogP contribution in [0.1, 0.15) is 51.5 Å². The van der Waals surface area contributed by atoms with Crippen LogP contribution in [0.4, 0.5) is 0 Å². The number of carboxylic acid groups (broad SMARTS) is 2. The first-order chi connectivity index (χ1) is 12.5. The molecule has 2 aromatic rings. The number of nitrogens with one attached hydrogen (secondary N) is 1. The van der Waals surface area contributed by atoms with Crippen molar-refractivity contribution in [3.8, 4) is 0 Å². The molecule has 0 heterocycles. The van der Waals surface area contributed by atoms with Gasteiger partial charge in [0.15, 0.2) is 0 Å². The lowest BCUT2D eigenvalue weighted by molar-refractivity contribution is -0.159. The van der Waals surface area contributed by atoms with E-state index in [0.717, 1.165) is 6.54 Å². The number of carboxylic acids is 2. The number of hydrogen-bond donors (Lipinski definition) is 3. The van der Waals surface area contributed by atoms with Crippen LogP contribution >= 0.6 is 0 Å². The molecule has 0 saturated carbocycles. The third-order valence-corrected chi connectivity index (χ3v) is 4.19. The van der Waals surface area contributed by atoms with E-state index in [4.69, 9.17) is 19.8 Å². The van der Waals surface area contributed by atoms with Crippen molar-refractivity contribution in [2.45, 2.75) is 58.5 Å². The second kappa shape index (κ2) is 12.0. The van der Waals surface area contributed by atoms with Crippen molar-refractivity contribution < 1.29 is 19.8 Å². The molecule has 0 radical (unpaired) electrons. The van der Waals surface area contributed by atoms with Gasteiger partial charge in [-0.1, -0.05) is 75.1 Å². The van der Waals surface area contributed by atoms with Gasteiger partial charge < -0.3 is 15.5 Å². The predicted octanol–water partition coefficient (Wildman–Crippen LogP) is 4.44. The van der Waals surface area contributed by atoms with Gasteiger partial charge in [0.05, 0.1) is 0 Å². The fourth-order valence-corrected chi connectivity index (χ4v) is 2.71. The first-order valence-corrected chi connectivity index (χ1v) is 9.12. The van der Waals surface area contributed by atoms with E-state index in [1.165, 1.54) is 48.4 Å². The van der Waals surface area contributed by atoms with E-state index in [-0.39, 0.29) is 0 Å². The van der Waals surface area contributed by atoms with Crippen LogP contribution in [-0.2, 0) is 16.1 Å². The second-order valence-corrected chi connectivity index (χ2v) is 6.38. The third-order valence-electron chi connectivity index (χ3n) is 4.19. The summed E-state index contributed by atoms with van der Waals surface area (Å²) in [5.74, 6) is -3.65. The summed E-state index contributed by atoms with van der Waals surface area (Å²) in [4.78, 5) is 18.2. The molecular weight excluding hydrogens is 330 g/mol. The molecule has 0 fully saturated rings. The van der Waals surface area contributed by atoms with Crippen LogP contribution in [0.2, 0.25) is 0 Å². The normalized spacial score (nSPS) is 11.5. The number of unbranched alkanes of at least 4 members (excludes halogenated alkanes) is 3. The molecule has 2 rings (SSSR count). The van der Waals surface area contributed by atoms with E-state index in [2.05, 4.69) is 61.6 Å². The van der Waals surface area contributed by atoms with Gasteiger partial charge in [-0.3, -0.25) is 0 Å². The summed E-state index contributed by atoms with van der Waals surface area (Å²) in [6.07, 6.45) is 6.69. The zero-order valence-electron chi connectivity index (χ0n) is 15.6. The molecule has 0 saturated heterocycles. The molecule has 5 heteroatoms. The smallest absolute Gasteiger partial charge is 0.414 e. The third kappa shape index (κ3) is 8.12. The zero-order chi connectivity index (χ0) is 19.4. The van der Waals surface area contributed by atoms with Crippen molar-refractivity contribution in [2.24, 2.45) is 0 Å². The maximum atomic E-state index is 9.10. The number of benzene rings is 2. The van der Waals surface area contributed by atoms with Crippen LogP contribution in [0.25, 0.3) is 10.8 Å². The fraction of sp³-hybridized carbons (Fsp3) is 0.429. The molecule has 26 heavy (non-hydrogen) atoms. The highest BCUT2D eigenvalue weighted by molar-refractivity contribution is 6.27. The molecule has 3 N–H and O–H groups in total. The van der Waals surface area contributed by atoms with Gasteiger partial charge in [-0.2, -0.15) is 0 Å². The second-order valence-electron chi connectivity index (χ2n) is 6.38. The van der Waals surface area contributed by atoms with Gasteiger partial charge >= 0.3 is 11.9 Å². The van der Waals surface area contributed by atoms with Gasteiger partial charge in [-0.25, -0.2) is 9.59 Å². The van der Waals surface area contributed by atoms with Gasteiger partial charge in [0.2, 0.25) is 0 Å². The molecule has 2 aromatic carbocycles. The first-order valence-electron chi connectivity index (χ1n) is 9.12. The van der Waals surface area contributed by atoms with Crippen LogP contribution in [0.15, 0.2) is 42.5 Å². The Balaban J connectivity index is 0.000000487. The molecule has 0 bridgehead atoms. The van der Waals surface area contributed by atoms with Crippen LogP contribution in [0.5, 0.6) is 0 Å². The number of aliphatic carboxylic acids is 2. The van der Waals surface area contributed by atoms with Crippen molar-refractivity contribution in [2.75, 3.05) is 0 Å². The maximum absolute atomic E-state index is 9.10. The Morgan fingerprint density at radius 3 is 2.27 bits per heavy atom. The minimum atomic E-state index is -1.82. The van der Waals surface area contributed by atoms with Crippen molar-refractivity contribution in [3.63, 3.8) is 0 Å². The van der Waals surface area contributed by atoms with Gasteiger partial charge in [0.25, 0.3) is 0 Å². The van der Waals surface area contributed by atoms with Crippen LogP contribution in [0.3, 0.4) is 0 Å². The Bertz CT molecular complexity index is 682. The Morgan fingerprint density at radius 1 is 0.962 bits per heavy atom. The van der Waals surface area contributed by atoms with Crippen molar-refractivity contribution >= 4 is 22.7 Å². The summed E-state index contributed by atoms with van der Waals surface area (Å²) in [5, 5.41) is 21.2. The van der Waals surface area contributed by atoms with E-state index >= 15 is 0 Å². The monoisotopic (exact) mass is 359 g/mol. The van der Waals surface area contributed by atoms with Gasteiger partial charge in [-0.15, -0.1) is 0 Å². The fourth-order valence-electron chi connectivity index (χ4n) is 2.71. The average Bonchev–Trinajstić information content (AvgIpc) is 2.64. The predicted molar refractivity (Wildman–Crippen MR) is 104 cm³/mol. The number of carbonyl (C=O) groups is 2. The van der Waals surface area contributed by atoms with Gasteiger partial charge in [-0.05, 0) is 29.7 Å². The molecule has 142 valence electrons. The lowest BCUT2D eigenvalue weighted by Gasteiger charge is -2.15. The van der Waals surface area contributed by atoms with E-state index in [9.17, 15) is 0 Å². The van der Waals surface area contributed by atoms with Crippen molar-refractivity contribution in [3.05, 3.63) is 48.0 Å². The van der Waals surface area contributed by atoms with Crippen LogP contribution in [-0.4, -0.2) is 28.2 Å². The molecule has 0 aliphatic heterocycles. The van der Waals surface area contributed by atoms with E-state index in [1.807, 2.05) is 0 Å². The van der Waals surface area contributed by atoms with Crippen LogP contribution in [0, 0.1) is 0 Å². The summed E-state index contributed by atoms with van der Waals surface area (Å²) < 4.78 is 0. The largest absolute Gasteiger partial charge is 0.473 e. The molecule has 1 unspecified atom stereocenters. The molecule has 1 atom stereocenters. The zero-order valence-corrected chi connectivity index (χ0v) is 15.6. The number of fused-ring (bicyclic) bond motifs is 1. The summed E-state index contributed by atoms with van der Waals surface area (Å²) >= 11 is 0. The van der Waals surface area contributed by atoms with Crippen molar-refractivity contribution in [1.82, 2.24) is 5.32 Å². The molecule has 5 nitrogen and oxygen atoms in total. The number of rotatable bonds is 8. The molecule has 0 amide bonds. The highest BCUT2D eigenvalue weighted by Gasteiger charge is 2.04. The summed E-state index contributed by atoms with van der Waals surface area (Å²) in [6, 6.07) is 15.8. The molecule has 0 aliphatic rings. The van der Waals surface area contributed by atoms with Gasteiger partial charge in [0.1, 0.15) is 0 Å². The van der Waals surface area contributed by atoms with E-state index in [1.54, 1.807) is 0 Å². The minimum absolute atomic E-state index is 0.603. The highest BCUT2D eigenvalue weighted by atomic mass is 16.4. The van der Waals surface area contributed by atoms with Crippen LogP contribution < -0.4 is 5.32 Å². The standard InChI is InChI=1S/C19H27N.C2H2O4/c1-3-4-5-6-10-16(2)20-15-18-13-9-12-17-11-7-8-14-19(17)18;3-1(4)2(5)6/h7-9,11-14,16,20H,3-6,10,15H2,1-2H3;(H,3,4)(H,5,6). The topological polar surface area (TPSA) is 86.6 Å². The molecule has 0 spiro atoms. The van der Waals surface area contributed by atoms with Gasteiger partial charge in [0, 0.05) is 12.6 Å². The Kier molecular flexibility index (Phi) is 10.0. The Morgan fingerprint density at radius 2 is 1.62 bits per heavy atom. The molecule has 0 aliphatic carbocycles. The summed E-state index contributed by atoms with van der Waals surface area (Å²) in [6.45, 7) is 5.54. The SMILES string of the molecule is CCCCCCC(C)NCc1cccc2ccccc12.O=C(O)C(=O)O. The lowest BCUT2D eigenvalue weighted by atomic mass is 10.0. The molecule has 0 aromatic heterocycles. The Hall–Kier alpha value is -2.40. The highest BCUT2D eigenvalue weighted by Crippen LogP contribution is 2.18. The number of hydrogen-bond acceptors (Lipinski definition) is 3.